The van der Waals surface area contributed by atoms with E-state index >= 15 is 0 Å². The summed E-state index contributed by atoms with van der Waals surface area (Å²) in [7, 11) is 0. The average Bonchev–Trinajstić information content (AvgIpc) is 2.93. The number of aryl methyl sites for hydroxylation is 2. The first kappa shape index (κ1) is 19.7. The van der Waals surface area contributed by atoms with Crippen LogP contribution in [0.3, 0.4) is 0 Å². The Labute approximate surface area is 184 Å². The number of benzene rings is 2. The van der Waals surface area contributed by atoms with Crippen molar-refractivity contribution in [3.8, 4) is 0 Å². The molecule has 4 heteroatoms. The van der Waals surface area contributed by atoms with Crippen LogP contribution in [0.15, 0.2) is 89.5 Å². The number of hydrogen-bond donors (Lipinski definition) is 1. The zero-order valence-corrected chi connectivity index (χ0v) is 18.3. The monoisotopic (exact) mass is 411 g/mol. The summed E-state index contributed by atoms with van der Waals surface area (Å²) in [6, 6.07) is 18.0. The molecule has 5 rings (SSSR count). The molecule has 158 valence electrons. The number of nitrogens with zero attached hydrogens (tertiary/aromatic N) is 3. The minimum absolute atomic E-state index is 0.0716. The highest BCUT2D eigenvalue weighted by atomic mass is 16.3. The fourth-order valence-corrected chi connectivity index (χ4v) is 5.35. The Kier molecular flexibility index (Phi) is 4.73. The molecule has 0 saturated carbocycles. The first-order valence-electron chi connectivity index (χ1n) is 11.0. The van der Waals surface area contributed by atoms with Crippen LogP contribution in [0, 0.1) is 0 Å². The van der Waals surface area contributed by atoms with Gasteiger partial charge in [0, 0.05) is 18.5 Å². The average molecular weight is 412 g/mol. The Morgan fingerprint density at radius 3 is 2.13 bits per heavy atom. The van der Waals surface area contributed by atoms with E-state index in [-0.39, 0.29) is 23.8 Å². The molecule has 2 aromatic rings. The van der Waals surface area contributed by atoms with Gasteiger partial charge in [-0.3, -0.25) is 0 Å². The number of aliphatic hydroxyl groups is 1. The molecule has 1 atom stereocenters. The predicted molar refractivity (Wildman–Crippen MR) is 126 cm³/mol. The van der Waals surface area contributed by atoms with Crippen molar-refractivity contribution in [3.05, 3.63) is 107 Å². The van der Waals surface area contributed by atoms with Crippen LogP contribution in [-0.4, -0.2) is 39.9 Å². The van der Waals surface area contributed by atoms with Gasteiger partial charge in [-0.25, -0.2) is 4.99 Å². The summed E-state index contributed by atoms with van der Waals surface area (Å²) in [6.45, 7) is 13.4. The Morgan fingerprint density at radius 1 is 0.968 bits per heavy atom. The first-order chi connectivity index (χ1) is 15.0. The van der Waals surface area contributed by atoms with Crippen molar-refractivity contribution in [2.75, 3.05) is 6.54 Å². The molecule has 1 aliphatic carbocycles. The van der Waals surface area contributed by atoms with Gasteiger partial charge in [0.2, 0.25) is 0 Å². The molecule has 0 bridgehead atoms. The van der Waals surface area contributed by atoms with Crippen LogP contribution >= 0.6 is 0 Å². The zero-order valence-electron chi connectivity index (χ0n) is 18.3. The van der Waals surface area contributed by atoms with Gasteiger partial charge in [0.15, 0.2) is 5.76 Å². The van der Waals surface area contributed by atoms with E-state index in [4.69, 9.17) is 0 Å². The smallest absolute Gasteiger partial charge is 0.166 e. The molecule has 1 fully saturated rings. The van der Waals surface area contributed by atoms with Gasteiger partial charge in [-0.15, -0.1) is 0 Å². The second kappa shape index (κ2) is 7.45. The van der Waals surface area contributed by atoms with Crippen molar-refractivity contribution in [1.82, 2.24) is 9.80 Å². The van der Waals surface area contributed by atoms with Crippen molar-refractivity contribution in [3.63, 3.8) is 0 Å². The van der Waals surface area contributed by atoms with Gasteiger partial charge in [0.05, 0.1) is 18.1 Å². The maximum atomic E-state index is 10.9. The fraction of sp³-hybridized carbons (Fsp3) is 0.296. The van der Waals surface area contributed by atoms with E-state index in [2.05, 4.69) is 90.3 Å². The lowest BCUT2D eigenvalue weighted by atomic mass is 9.80. The van der Waals surface area contributed by atoms with Crippen molar-refractivity contribution in [2.45, 2.75) is 44.7 Å². The van der Waals surface area contributed by atoms with E-state index in [1.165, 1.54) is 22.3 Å². The van der Waals surface area contributed by atoms with Gasteiger partial charge >= 0.3 is 0 Å². The molecule has 0 aromatic heterocycles. The van der Waals surface area contributed by atoms with Crippen LogP contribution < -0.4 is 0 Å². The maximum Gasteiger partial charge on any atom is 0.166 e. The highest BCUT2D eigenvalue weighted by molar-refractivity contribution is 5.69. The van der Waals surface area contributed by atoms with Crippen molar-refractivity contribution >= 4 is 6.34 Å². The standard InChI is InChI=1S/C27H29N3O/c1-17(2)29-15-24(30-16-28-18(3)27(31)26(30)19(29)4)25-22-11-7-5-9-20(22)13-14-21-10-6-8-12-23(21)25/h5-12,16-17,24-25,31H,3-4,13-15H2,1-2H3/t24-/m1/s1. The van der Waals surface area contributed by atoms with Crippen molar-refractivity contribution in [1.29, 1.82) is 0 Å². The molecule has 0 unspecified atom stereocenters. The van der Waals surface area contributed by atoms with Crippen LogP contribution in [-0.2, 0) is 12.8 Å². The Morgan fingerprint density at radius 2 is 1.55 bits per heavy atom. The lowest BCUT2D eigenvalue weighted by molar-refractivity contribution is 0.160. The third-order valence-electron chi connectivity index (χ3n) is 6.91. The van der Waals surface area contributed by atoms with Gasteiger partial charge in [0.1, 0.15) is 11.4 Å². The second-order valence-corrected chi connectivity index (χ2v) is 8.93. The summed E-state index contributed by atoms with van der Waals surface area (Å²) in [5.74, 6) is 0.280. The van der Waals surface area contributed by atoms with Crippen molar-refractivity contribution in [2.24, 2.45) is 4.99 Å². The van der Waals surface area contributed by atoms with E-state index in [9.17, 15) is 5.11 Å². The van der Waals surface area contributed by atoms with Crippen LogP contribution in [0.5, 0.6) is 0 Å². The van der Waals surface area contributed by atoms with Gasteiger partial charge in [-0.05, 0) is 48.9 Å². The molecule has 0 amide bonds. The largest absolute Gasteiger partial charge is 0.504 e. The molecule has 1 saturated heterocycles. The fourth-order valence-electron chi connectivity index (χ4n) is 5.35. The summed E-state index contributed by atoms with van der Waals surface area (Å²) in [6.07, 6.45) is 3.91. The first-order valence-corrected chi connectivity index (χ1v) is 11.0. The van der Waals surface area contributed by atoms with Gasteiger partial charge in [0.25, 0.3) is 0 Å². The normalized spacial score (nSPS) is 21.2. The highest BCUT2D eigenvalue weighted by Gasteiger charge is 2.43. The van der Waals surface area contributed by atoms with Gasteiger partial charge in [-0.1, -0.05) is 61.7 Å². The lowest BCUT2D eigenvalue weighted by Crippen LogP contribution is -2.55. The number of aliphatic imine (C=N–C) groups is 1. The summed E-state index contributed by atoms with van der Waals surface area (Å²) in [5, 5.41) is 10.9. The minimum atomic E-state index is 0.0716. The third-order valence-corrected chi connectivity index (χ3v) is 6.91. The zero-order chi connectivity index (χ0) is 21.7. The van der Waals surface area contributed by atoms with Crippen molar-refractivity contribution < 1.29 is 5.11 Å². The molecular weight excluding hydrogens is 382 g/mol. The molecule has 2 aliphatic heterocycles. The number of fused-ring (bicyclic) bond motifs is 3. The van der Waals surface area contributed by atoms with E-state index < -0.39 is 0 Å². The molecular formula is C27H29N3O. The topological polar surface area (TPSA) is 39.1 Å². The molecule has 2 heterocycles. The minimum Gasteiger partial charge on any atom is -0.504 e. The number of aliphatic hydroxyl groups excluding tert-OH is 1. The predicted octanol–water partition coefficient (Wildman–Crippen LogP) is 5.15. The summed E-state index contributed by atoms with van der Waals surface area (Å²) in [5.41, 5.74) is 7.47. The van der Waals surface area contributed by atoms with Crippen LogP contribution in [0.1, 0.15) is 42.0 Å². The summed E-state index contributed by atoms with van der Waals surface area (Å²) < 4.78 is 0. The number of rotatable bonds is 2. The number of piperazine rings is 1. The van der Waals surface area contributed by atoms with Gasteiger partial charge < -0.3 is 14.9 Å². The third kappa shape index (κ3) is 3.09. The summed E-state index contributed by atoms with van der Waals surface area (Å²) in [4.78, 5) is 8.85. The second-order valence-electron chi connectivity index (χ2n) is 8.93. The molecule has 0 spiro atoms. The highest BCUT2D eigenvalue weighted by Crippen LogP contribution is 2.44. The van der Waals surface area contributed by atoms with E-state index in [1.807, 2.05) is 6.34 Å². The van der Waals surface area contributed by atoms with E-state index in [0.717, 1.165) is 30.8 Å². The van der Waals surface area contributed by atoms with Crippen LogP contribution in [0.2, 0.25) is 0 Å². The lowest BCUT2D eigenvalue weighted by Gasteiger charge is -2.50. The Balaban J connectivity index is 1.73. The maximum absolute atomic E-state index is 10.9. The SMILES string of the molecule is C=C1N=CN2C(=C1O)C(=C)N(C(C)C)C[C@@H]2C1c2ccccc2CCc2ccccc21. The van der Waals surface area contributed by atoms with Crippen LogP contribution in [0.25, 0.3) is 0 Å². The quantitative estimate of drug-likeness (QED) is 0.743. The molecule has 0 radical (unpaired) electrons. The summed E-state index contributed by atoms with van der Waals surface area (Å²) >= 11 is 0. The number of hydrogen-bond acceptors (Lipinski definition) is 4. The molecule has 31 heavy (non-hydrogen) atoms. The molecule has 4 nitrogen and oxygen atoms in total. The van der Waals surface area contributed by atoms with Gasteiger partial charge in [-0.2, -0.15) is 0 Å². The Bertz CT molecular complexity index is 1080. The van der Waals surface area contributed by atoms with E-state index in [1.54, 1.807) is 0 Å². The van der Waals surface area contributed by atoms with E-state index in [0.29, 0.717) is 5.70 Å². The molecule has 2 aromatic carbocycles. The Hall–Kier alpha value is -3.27. The molecule has 1 N–H and O–H groups in total. The van der Waals surface area contributed by atoms with Crippen LogP contribution in [0.4, 0.5) is 0 Å². The molecule has 3 aliphatic rings.